The fraction of sp³-hybridized carbons (Fsp3) is 0. The van der Waals surface area contributed by atoms with E-state index in [4.69, 9.17) is 23.2 Å². The molecule has 0 radical (unpaired) electrons. The number of carbonyl (C=O) groups is 1. The van der Waals surface area contributed by atoms with Crippen LogP contribution in [0.25, 0.3) is 6.08 Å². The summed E-state index contributed by atoms with van der Waals surface area (Å²) in [6.07, 6.45) is 3.45. The Morgan fingerprint density at radius 1 is 0.800 bits per heavy atom. The van der Waals surface area contributed by atoms with Gasteiger partial charge in [0.05, 0.1) is 16.8 Å². The molecule has 148 valence electrons. The van der Waals surface area contributed by atoms with Crippen LogP contribution in [0.4, 0.5) is 5.69 Å². The predicted molar refractivity (Wildman–Crippen MR) is 127 cm³/mol. The first-order chi connectivity index (χ1) is 14.6. The third-order valence-electron chi connectivity index (χ3n) is 4.21. The van der Waals surface area contributed by atoms with Gasteiger partial charge in [-0.25, -0.2) is 0 Å². The SMILES string of the molecule is O=C1/C(=C\c2ccc(Cl)cc2)S/C(=N\N=C/c2ccc(Cl)cc2)N1c1ccccc1. The molecule has 1 aliphatic heterocycles. The van der Waals surface area contributed by atoms with Gasteiger partial charge in [-0.2, -0.15) is 5.10 Å². The number of hydrogen-bond donors (Lipinski definition) is 0. The number of thioether (sulfide) groups is 1. The summed E-state index contributed by atoms with van der Waals surface area (Å²) in [5, 5.41) is 10.3. The minimum Gasteiger partial charge on any atom is -0.268 e. The molecule has 1 fully saturated rings. The van der Waals surface area contributed by atoms with Gasteiger partial charge in [-0.05, 0) is 65.4 Å². The molecule has 30 heavy (non-hydrogen) atoms. The van der Waals surface area contributed by atoms with Crippen molar-refractivity contribution in [2.45, 2.75) is 0 Å². The average molecular weight is 452 g/mol. The van der Waals surface area contributed by atoms with Crippen LogP contribution in [0.1, 0.15) is 11.1 Å². The summed E-state index contributed by atoms with van der Waals surface area (Å²) >= 11 is 13.1. The number of amides is 1. The number of nitrogens with zero attached hydrogens (tertiary/aromatic N) is 3. The van der Waals surface area contributed by atoms with Crippen molar-refractivity contribution in [1.82, 2.24) is 0 Å². The second kappa shape index (κ2) is 9.30. The lowest BCUT2D eigenvalue weighted by molar-refractivity contribution is -0.113. The Morgan fingerprint density at radius 2 is 1.40 bits per heavy atom. The highest BCUT2D eigenvalue weighted by atomic mass is 35.5. The number of anilines is 1. The Hall–Kier alpha value is -2.86. The first-order valence-corrected chi connectivity index (χ1v) is 10.6. The number of benzene rings is 3. The van der Waals surface area contributed by atoms with Crippen LogP contribution in [-0.2, 0) is 4.79 Å². The Kier molecular flexibility index (Phi) is 6.33. The molecule has 0 N–H and O–H groups in total. The van der Waals surface area contributed by atoms with Gasteiger partial charge >= 0.3 is 0 Å². The maximum atomic E-state index is 13.1. The van der Waals surface area contributed by atoms with Crippen LogP contribution in [-0.4, -0.2) is 17.3 Å². The van der Waals surface area contributed by atoms with Crippen molar-refractivity contribution in [2.24, 2.45) is 10.2 Å². The molecule has 0 atom stereocenters. The van der Waals surface area contributed by atoms with Crippen LogP contribution in [0.3, 0.4) is 0 Å². The summed E-state index contributed by atoms with van der Waals surface area (Å²) in [5.74, 6) is -0.151. The Balaban J connectivity index is 1.66. The lowest BCUT2D eigenvalue weighted by Gasteiger charge is -2.14. The summed E-state index contributed by atoms with van der Waals surface area (Å²) in [7, 11) is 0. The van der Waals surface area contributed by atoms with Crippen molar-refractivity contribution in [2.75, 3.05) is 4.90 Å². The molecule has 4 nitrogen and oxygen atoms in total. The van der Waals surface area contributed by atoms with Crippen molar-refractivity contribution in [3.8, 4) is 0 Å². The highest BCUT2D eigenvalue weighted by Crippen LogP contribution is 2.36. The molecular formula is C23H15Cl2N3OS. The summed E-state index contributed by atoms with van der Waals surface area (Å²) in [6.45, 7) is 0. The fourth-order valence-electron chi connectivity index (χ4n) is 2.75. The van der Waals surface area contributed by atoms with E-state index in [9.17, 15) is 4.79 Å². The molecule has 1 saturated heterocycles. The van der Waals surface area contributed by atoms with Crippen LogP contribution in [0.2, 0.25) is 10.0 Å². The number of carbonyl (C=O) groups excluding carboxylic acids is 1. The third kappa shape index (κ3) is 4.82. The Bertz CT molecular complexity index is 1140. The van der Waals surface area contributed by atoms with E-state index in [1.807, 2.05) is 60.7 Å². The van der Waals surface area contributed by atoms with Crippen molar-refractivity contribution >= 4 is 64.0 Å². The van der Waals surface area contributed by atoms with Gasteiger partial charge in [0.15, 0.2) is 0 Å². The molecule has 0 aliphatic carbocycles. The number of amidine groups is 1. The predicted octanol–water partition coefficient (Wildman–Crippen LogP) is 6.50. The molecule has 3 aromatic rings. The Morgan fingerprint density at radius 3 is 2.03 bits per heavy atom. The smallest absolute Gasteiger partial charge is 0.268 e. The molecule has 7 heteroatoms. The fourth-order valence-corrected chi connectivity index (χ4v) is 3.94. The molecular weight excluding hydrogens is 437 g/mol. The van der Waals surface area contributed by atoms with Crippen LogP contribution in [0, 0.1) is 0 Å². The summed E-state index contributed by atoms with van der Waals surface area (Å²) in [6, 6.07) is 24.0. The summed E-state index contributed by atoms with van der Waals surface area (Å²) < 4.78 is 0. The maximum absolute atomic E-state index is 13.1. The van der Waals surface area contributed by atoms with E-state index in [-0.39, 0.29) is 5.91 Å². The quantitative estimate of drug-likeness (QED) is 0.258. The second-order valence-corrected chi connectivity index (χ2v) is 8.20. The summed E-state index contributed by atoms with van der Waals surface area (Å²) in [5.41, 5.74) is 2.48. The zero-order valence-corrected chi connectivity index (χ0v) is 17.9. The lowest BCUT2D eigenvalue weighted by atomic mass is 10.2. The minimum atomic E-state index is -0.151. The number of hydrogen-bond acceptors (Lipinski definition) is 4. The molecule has 1 amide bonds. The first-order valence-electron chi connectivity index (χ1n) is 9.01. The van der Waals surface area contributed by atoms with Crippen molar-refractivity contribution < 1.29 is 4.79 Å². The van der Waals surface area contributed by atoms with E-state index in [2.05, 4.69) is 10.2 Å². The number of halogens is 2. The van der Waals surface area contributed by atoms with Gasteiger partial charge < -0.3 is 0 Å². The van der Waals surface area contributed by atoms with Crippen LogP contribution < -0.4 is 4.90 Å². The van der Waals surface area contributed by atoms with Gasteiger partial charge in [-0.1, -0.05) is 65.7 Å². The van der Waals surface area contributed by atoms with Gasteiger partial charge in [-0.3, -0.25) is 9.69 Å². The van der Waals surface area contributed by atoms with Gasteiger partial charge in [-0.15, -0.1) is 5.10 Å². The van der Waals surface area contributed by atoms with E-state index in [1.54, 1.807) is 35.4 Å². The lowest BCUT2D eigenvalue weighted by Crippen LogP contribution is -2.28. The summed E-state index contributed by atoms with van der Waals surface area (Å²) in [4.78, 5) is 15.2. The maximum Gasteiger partial charge on any atom is 0.271 e. The molecule has 0 aromatic heterocycles. The highest BCUT2D eigenvalue weighted by molar-refractivity contribution is 8.19. The standard InChI is InChI=1S/C23H15Cl2N3OS/c24-18-10-6-16(7-11-18)14-21-22(29)28(20-4-2-1-3-5-20)23(30-21)27-26-15-17-8-12-19(25)13-9-17/h1-15H/b21-14+,26-15-,27-23-. The van der Waals surface area contributed by atoms with Crippen LogP contribution in [0.15, 0.2) is 94.0 Å². The average Bonchev–Trinajstić information content (AvgIpc) is 3.07. The van der Waals surface area contributed by atoms with Crippen LogP contribution >= 0.6 is 35.0 Å². The molecule has 3 aromatic carbocycles. The topological polar surface area (TPSA) is 45.0 Å². The first kappa shape index (κ1) is 20.4. The van der Waals surface area contributed by atoms with Gasteiger partial charge in [0.25, 0.3) is 5.91 Å². The Labute approximate surface area is 188 Å². The normalized spacial score (nSPS) is 16.9. The molecule has 0 saturated carbocycles. The largest absolute Gasteiger partial charge is 0.271 e. The highest BCUT2D eigenvalue weighted by Gasteiger charge is 2.34. The monoisotopic (exact) mass is 451 g/mol. The number of para-hydroxylation sites is 1. The molecule has 1 aliphatic rings. The molecule has 0 bridgehead atoms. The number of rotatable bonds is 4. The van der Waals surface area contributed by atoms with E-state index in [1.165, 1.54) is 11.8 Å². The zero-order chi connectivity index (χ0) is 20.9. The molecule has 0 unspecified atom stereocenters. The van der Waals surface area contributed by atoms with Crippen LogP contribution in [0.5, 0.6) is 0 Å². The van der Waals surface area contributed by atoms with Crippen molar-refractivity contribution in [3.05, 3.63) is 105 Å². The van der Waals surface area contributed by atoms with Gasteiger partial charge in [0, 0.05) is 10.0 Å². The molecule has 1 heterocycles. The van der Waals surface area contributed by atoms with E-state index in [0.29, 0.717) is 20.1 Å². The minimum absolute atomic E-state index is 0.151. The van der Waals surface area contributed by atoms with Crippen molar-refractivity contribution in [3.63, 3.8) is 0 Å². The molecule has 0 spiro atoms. The zero-order valence-electron chi connectivity index (χ0n) is 15.6. The van der Waals surface area contributed by atoms with E-state index < -0.39 is 0 Å². The van der Waals surface area contributed by atoms with Gasteiger partial charge in [0.1, 0.15) is 0 Å². The van der Waals surface area contributed by atoms with Gasteiger partial charge in [0.2, 0.25) is 5.17 Å². The third-order valence-corrected chi connectivity index (χ3v) is 5.67. The van der Waals surface area contributed by atoms with E-state index in [0.717, 1.165) is 16.8 Å². The van der Waals surface area contributed by atoms with E-state index >= 15 is 0 Å². The second-order valence-electron chi connectivity index (χ2n) is 6.32. The molecule has 4 rings (SSSR count). The van der Waals surface area contributed by atoms with Crippen molar-refractivity contribution in [1.29, 1.82) is 0 Å².